The zero-order valence-corrected chi connectivity index (χ0v) is 18.6. The average molecular weight is 420 g/mol. The van der Waals surface area contributed by atoms with Crippen molar-refractivity contribution in [3.8, 4) is 5.75 Å². The minimum atomic E-state index is -0.0399. The first-order chi connectivity index (χ1) is 15.2. The molecule has 5 nitrogen and oxygen atoms in total. The molecule has 3 aliphatic heterocycles. The van der Waals surface area contributed by atoms with Gasteiger partial charge in [0.2, 0.25) is 0 Å². The normalized spacial score (nSPS) is 26.2. The van der Waals surface area contributed by atoms with Crippen molar-refractivity contribution in [1.29, 1.82) is 0 Å². The van der Waals surface area contributed by atoms with Gasteiger partial charge >= 0.3 is 0 Å². The molecule has 2 saturated heterocycles. The molecule has 2 aromatic rings. The minimum absolute atomic E-state index is 0.0100. The van der Waals surface area contributed by atoms with Gasteiger partial charge in [-0.15, -0.1) is 0 Å². The number of methoxy groups -OCH3 is 1. The lowest BCUT2D eigenvalue weighted by atomic mass is 9.76. The van der Waals surface area contributed by atoms with Gasteiger partial charge in [0.1, 0.15) is 5.75 Å². The number of amides is 1. The number of carbonyl (C=O) groups is 1. The van der Waals surface area contributed by atoms with Crippen molar-refractivity contribution in [3.63, 3.8) is 0 Å². The molecule has 0 spiro atoms. The number of carbonyl (C=O) groups excluding carboxylic acids is 1. The molecule has 0 bridgehead atoms. The topological polar surface area (TPSA) is 53.6 Å². The molecule has 2 N–H and O–H groups in total. The number of piperidine rings is 2. The number of fused-ring (bicyclic) bond motifs is 4. The van der Waals surface area contributed by atoms with E-state index in [0.717, 1.165) is 55.3 Å². The maximum Gasteiger partial charge on any atom is 0.252 e. The number of ether oxygens (including phenoxy) is 1. The van der Waals surface area contributed by atoms with E-state index in [0.29, 0.717) is 6.04 Å². The largest absolute Gasteiger partial charge is 0.496 e. The second-order valence-corrected chi connectivity index (χ2v) is 9.27. The molecule has 1 amide bonds. The summed E-state index contributed by atoms with van der Waals surface area (Å²) in [5, 5.41) is 7.00. The molecule has 5 rings (SSSR count). The highest BCUT2D eigenvalue weighted by Crippen LogP contribution is 2.44. The third-order valence-corrected chi connectivity index (χ3v) is 7.52. The molecule has 2 aromatic carbocycles. The Morgan fingerprint density at radius 3 is 2.87 bits per heavy atom. The summed E-state index contributed by atoms with van der Waals surface area (Å²) in [7, 11) is 1.73. The van der Waals surface area contributed by atoms with Crippen LogP contribution in [0.2, 0.25) is 0 Å². The Bertz CT molecular complexity index is 945. The fourth-order valence-electron chi connectivity index (χ4n) is 5.91. The molecule has 3 aliphatic rings. The highest BCUT2D eigenvalue weighted by molar-refractivity contribution is 5.97. The number of nitrogens with one attached hydrogen (secondary N) is 2. The van der Waals surface area contributed by atoms with Gasteiger partial charge in [-0.2, -0.15) is 0 Å². The monoisotopic (exact) mass is 419 g/mol. The number of benzene rings is 2. The Labute approximate surface area is 185 Å². The van der Waals surface area contributed by atoms with Gasteiger partial charge in [-0.25, -0.2) is 0 Å². The Balaban J connectivity index is 1.47. The lowest BCUT2D eigenvalue weighted by molar-refractivity contribution is 0.0538. The molecule has 3 heterocycles. The number of hydrogen-bond acceptors (Lipinski definition) is 4. The van der Waals surface area contributed by atoms with Crippen LogP contribution in [0.15, 0.2) is 42.5 Å². The van der Waals surface area contributed by atoms with Crippen molar-refractivity contribution in [2.75, 3.05) is 26.7 Å². The summed E-state index contributed by atoms with van der Waals surface area (Å²) in [5.41, 5.74) is 4.33. The fourth-order valence-corrected chi connectivity index (χ4v) is 5.91. The molecule has 2 fully saturated rings. The molecule has 4 atom stereocenters. The van der Waals surface area contributed by atoms with E-state index in [1.807, 2.05) is 37.3 Å². The molecule has 0 aliphatic carbocycles. The Morgan fingerprint density at radius 1 is 1.23 bits per heavy atom. The summed E-state index contributed by atoms with van der Waals surface area (Å²) in [6.45, 7) is 5.33. The van der Waals surface area contributed by atoms with Crippen LogP contribution in [0.25, 0.3) is 0 Å². The van der Waals surface area contributed by atoms with E-state index >= 15 is 0 Å². The van der Waals surface area contributed by atoms with Crippen molar-refractivity contribution in [3.05, 3.63) is 64.7 Å². The van der Waals surface area contributed by atoms with E-state index in [-0.39, 0.29) is 18.0 Å². The van der Waals surface area contributed by atoms with Gasteiger partial charge in [-0.3, -0.25) is 9.69 Å². The van der Waals surface area contributed by atoms with Crippen LogP contribution in [0.4, 0.5) is 0 Å². The lowest BCUT2D eigenvalue weighted by Gasteiger charge is -2.49. The predicted octanol–water partition coefficient (Wildman–Crippen LogP) is 3.86. The van der Waals surface area contributed by atoms with Crippen LogP contribution >= 0.6 is 0 Å². The van der Waals surface area contributed by atoms with Crippen molar-refractivity contribution in [2.45, 2.75) is 50.7 Å². The van der Waals surface area contributed by atoms with Crippen molar-refractivity contribution >= 4 is 5.91 Å². The molecule has 164 valence electrons. The quantitative estimate of drug-likeness (QED) is 0.790. The van der Waals surface area contributed by atoms with E-state index in [1.165, 1.54) is 24.0 Å². The molecular weight excluding hydrogens is 386 g/mol. The summed E-state index contributed by atoms with van der Waals surface area (Å²) in [5.74, 6) is 1.66. The van der Waals surface area contributed by atoms with Crippen LogP contribution in [-0.2, 0) is 6.42 Å². The summed E-state index contributed by atoms with van der Waals surface area (Å²) in [6, 6.07) is 14.9. The molecular formula is C26H33N3O2. The van der Waals surface area contributed by atoms with Crippen molar-refractivity contribution < 1.29 is 9.53 Å². The Morgan fingerprint density at radius 2 is 2.06 bits per heavy atom. The molecule has 0 aromatic heterocycles. The van der Waals surface area contributed by atoms with Crippen LogP contribution in [0.5, 0.6) is 5.75 Å². The molecule has 0 radical (unpaired) electrons. The summed E-state index contributed by atoms with van der Waals surface area (Å²) in [6.07, 6.45) is 4.59. The summed E-state index contributed by atoms with van der Waals surface area (Å²) < 4.78 is 5.72. The SMILES string of the molecule is COc1ccc(C(=O)N[C@H](C)c2ccccc2)c2c1CCN1C[C@H]3CCCN[C@H]3C[C@@H]21. The average Bonchev–Trinajstić information content (AvgIpc) is 2.82. The Hall–Kier alpha value is -2.37. The molecule has 5 heteroatoms. The van der Waals surface area contributed by atoms with Gasteiger partial charge in [-0.05, 0) is 68.3 Å². The smallest absolute Gasteiger partial charge is 0.252 e. The van der Waals surface area contributed by atoms with Crippen LogP contribution in [0.1, 0.15) is 65.3 Å². The predicted molar refractivity (Wildman–Crippen MR) is 122 cm³/mol. The number of nitrogens with zero attached hydrogens (tertiary/aromatic N) is 1. The zero-order chi connectivity index (χ0) is 21.4. The second kappa shape index (κ2) is 8.64. The van der Waals surface area contributed by atoms with Crippen LogP contribution in [0.3, 0.4) is 0 Å². The van der Waals surface area contributed by atoms with Crippen LogP contribution < -0.4 is 15.4 Å². The van der Waals surface area contributed by atoms with E-state index in [2.05, 4.69) is 27.7 Å². The Kier molecular flexibility index (Phi) is 5.72. The number of hydrogen-bond donors (Lipinski definition) is 2. The summed E-state index contributed by atoms with van der Waals surface area (Å²) in [4.78, 5) is 16.1. The van der Waals surface area contributed by atoms with Gasteiger partial charge in [0.25, 0.3) is 5.91 Å². The third kappa shape index (κ3) is 3.85. The standard InChI is InChI=1S/C26H33N3O2/c1-17(18-7-4-3-5-8-18)28-26(30)21-10-11-24(31-2)20-12-14-29-16-19-9-6-13-27-22(19)15-23(29)25(20)21/h3-5,7-8,10-11,17,19,22-23,27H,6,9,12-16H2,1-2H3,(H,28,30)/t17-,19-,22+,23+/m1/s1. The summed E-state index contributed by atoms with van der Waals surface area (Å²) >= 11 is 0. The maximum atomic E-state index is 13.5. The maximum absolute atomic E-state index is 13.5. The fraction of sp³-hybridized carbons (Fsp3) is 0.500. The first kappa shape index (κ1) is 20.5. The first-order valence-corrected chi connectivity index (χ1v) is 11.7. The van der Waals surface area contributed by atoms with Gasteiger partial charge in [-0.1, -0.05) is 30.3 Å². The van der Waals surface area contributed by atoms with E-state index in [4.69, 9.17) is 4.74 Å². The minimum Gasteiger partial charge on any atom is -0.496 e. The van der Waals surface area contributed by atoms with Crippen LogP contribution in [-0.4, -0.2) is 43.6 Å². The highest BCUT2D eigenvalue weighted by Gasteiger charge is 2.41. The van der Waals surface area contributed by atoms with E-state index in [9.17, 15) is 4.79 Å². The van der Waals surface area contributed by atoms with Crippen molar-refractivity contribution in [2.24, 2.45) is 5.92 Å². The van der Waals surface area contributed by atoms with E-state index < -0.39 is 0 Å². The zero-order valence-electron chi connectivity index (χ0n) is 18.6. The molecule has 0 unspecified atom stereocenters. The first-order valence-electron chi connectivity index (χ1n) is 11.7. The second-order valence-electron chi connectivity index (χ2n) is 9.27. The molecule has 0 saturated carbocycles. The third-order valence-electron chi connectivity index (χ3n) is 7.52. The lowest BCUT2D eigenvalue weighted by Crippen LogP contribution is -2.55. The highest BCUT2D eigenvalue weighted by atomic mass is 16.5. The van der Waals surface area contributed by atoms with Gasteiger partial charge in [0.05, 0.1) is 13.2 Å². The molecule has 31 heavy (non-hydrogen) atoms. The van der Waals surface area contributed by atoms with E-state index in [1.54, 1.807) is 7.11 Å². The van der Waals surface area contributed by atoms with Crippen LogP contribution in [0, 0.1) is 5.92 Å². The van der Waals surface area contributed by atoms with Gasteiger partial charge in [0.15, 0.2) is 0 Å². The van der Waals surface area contributed by atoms with Gasteiger partial charge < -0.3 is 15.4 Å². The number of rotatable bonds is 4. The van der Waals surface area contributed by atoms with Crippen molar-refractivity contribution in [1.82, 2.24) is 15.5 Å². The van der Waals surface area contributed by atoms with Gasteiger partial charge in [0, 0.05) is 36.3 Å².